The van der Waals surface area contributed by atoms with Gasteiger partial charge in [-0.15, -0.1) is 0 Å². The second-order valence-electron chi connectivity index (χ2n) is 9.57. The first-order valence-electron chi connectivity index (χ1n) is 13.4. The van der Waals surface area contributed by atoms with Gasteiger partial charge < -0.3 is 9.84 Å². The maximum atomic E-state index is 12.4. The highest BCUT2D eigenvalue weighted by atomic mass is 16.6. The number of hydrogen-bond acceptors (Lipinski definition) is 4. The van der Waals surface area contributed by atoms with Crippen LogP contribution in [0.25, 0.3) is 0 Å². The van der Waals surface area contributed by atoms with Crippen molar-refractivity contribution in [3.8, 4) is 0 Å². The second-order valence-corrected chi connectivity index (χ2v) is 9.57. The molecule has 0 aromatic rings. The standard InChI is InChI=1S/C27H49NO4/c1-3-4-5-6-7-8-9-10-11-12-13-14-15-16-18-21-25(29)32-27(22-19-17-20-23-27)28-24(2)26(30)31/h10-11,24,28H,3-9,12-23H2,1-2H3,(H,30,31)/b11-10-/t24-/m0/s1. The Hall–Kier alpha value is -1.36. The Kier molecular flexibility index (Phi) is 16.2. The molecule has 1 aliphatic carbocycles. The number of allylic oxidation sites excluding steroid dienone is 2. The van der Waals surface area contributed by atoms with Crippen LogP contribution in [0, 0.1) is 0 Å². The van der Waals surface area contributed by atoms with E-state index in [1.54, 1.807) is 6.92 Å². The van der Waals surface area contributed by atoms with Crippen molar-refractivity contribution in [3.63, 3.8) is 0 Å². The number of aliphatic carboxylic acids is 1. The third-order valence-electron chi connectivity index (χ3n) is 6.46. The Balaban J connectivity index is 2.06. The highest BCUT2D eigenvalue weighted by Crippen LogP contribution is 2.30. The maximum absolute atomic E-state index is 12.4. The SMILES string of the molecule is CCCCCCCC/C=C\CCCCCCCC(=O)OC1(N[C@@H](C)C(=O)O)CCCCC1. The van der Waals surface area contributed by atoms with E-state index < -0.39 is 17.7 Å². The fraction of sp³-hybridized carbons (Fsp3) is 0.852. The molecule has 0 aromatic heterocycles. The molecule has 0 spiro atoms. The van der Waals surface area contributed by atoms with Gasteiger partial charge in [-0.1, -0.05) is 76.9 Å². The molecule has 1 aliphatic rings. The summed E-state index contributed by atoms with van der Waals surface area (Å²) in [4.78, 5) is 23.6. The van der Waals surface area contributed by atoms with Crippen LogP contribution < -0.4 is 5.32 Å². The molecule has 0 bridgehead atoms. The number of esters is 1. The van der Waals surface area contributed by atoms with Gasteiger partial charge in [0, 0.05) is 19.3 Å². The topological polar surface area (TPSA) is 75.6 Å². The lowest BCUT2D eigenvalue weighted by Crippen LogP contribution is -2.55. The Labute approximate surface area is 196 Å². The Morgan fingerprint density at radius 3 is 1.97 bits per heavy atom. The van der Waals surface area contributed by atoms with E-state index in [2.05, 4.69) is 24.4 Å². The van der Waals surface area contributed by atoms with Gasteiger partial charge in [0.25, 0.3) is 0 Å². The van der Waals surface area contributed by atoms with Gasteiger partial charge in [-0.3, -0.25) is 14.9 Å². The largest absolute Gasteiger partial charge is 0.480 e. The summed E-state index contributed by atoms with van der Waals surface area (Å²) >= 11 is 0. The van der Waals surface area contributed by atoms with E-state index in [1.807, 2.05) is 0 Å². The van der Waals surface area contributed by atoms with E-state index in [4.69, 9.17) is 4.74 Å². The summed E-state index contributed by atoms with van der Waals surface area (Å²) in [6, 6.07) is -0.722. The summed E-state index contributed by atoms with van der Waals surface area (Å²) in [5.41, 5.74) is -0.797. The maximum Gasteiger partial charge on any atom is 0.320 e. The van der Waals surface area contributed by atoms with Gasteiger partial charge in [0.2, 0.25) is 0 Å². The van der Waals surface area contributed by atoms with Crippen LogP contribution in [-0.2, 0) is 14.3 Å². The molecule has 186 valence electrons. The Morgan fingerprint density at radius 2 is 1.41 bits per heavy atom. The molecule has 0 saturated heterocycles. The molecule has 1 atom stereocenters. The van der Waals surface area contributed by atoms with Crippen molar-refractivity contribution in [1.82, 2.24) is 5.32 Å². The first-order chi connectivity index (χ1) is 15.5. The average Bonchev–Trinajstić information content (AvgIpc) is 2.76. The lowest BCUT2D eigenvalue weighted by atomic mass is 9.90. The lowest BCUT2D eigenvalue weighted by molar-refractivity contribution is -0.172. The van der Waals surface area contributed by atoms with Gasteiger partial charge in [0.1, 0.15) is 6.04 Å². The van der Waals surface area contributed by atoms with Crippen LogP contribution in [0.1, 0.15) is 136 Å². The molecule has 0 aromatic carbocycles. The van der Waals surface area contributed by atoms with Crippen LogP contribution in [0.3, 0.4) is 0 Å². The first-order valence-corrected chi connectivity index (χ1v) is 13.4. The van der Waals surface area contributed by atoms with E-state index in [9.17, 15) is 14.7 Å². The Bertz CT molecular complexity index is 526. The third-order valence-corrected chi connectivity index (χ3v) is 6.46. The first kappa shape index (κ1) is 28.7. The highest BCUT2D eigenvalue weighted by molar-refractivity contribution is 5.73. The molecule has 5 heteroatoms. The monoisotopic (exact) mass is 451 g/mol. The number of rotatable bonds is 19. The quantitative estimate of drug-likeness (QED) is 0.0933. The number of carbonyl (C=O) groups excluding carboxylic acids is 1. The number of ether oxygens (including phenoxy) is 1. The molecule has 2 N–H and O–H groups in total. The minimum atomic E-state index is -0.914. The third kappa shape index (κ3) is 13.9. The van der Waals surface area contributed by atoms with Crippen LogP contribution in [0.4, 0.5) is 0 Å². The molecular formula is C27H49NO4. The van der Waals surface area contributed by atoms with E-state index in [0.29, 0.717) is 19.3 Å². The van der Waals surface area contributed by atoms with Crippen LogP contribution in [0.15, 0.2) is 12.2 Å². The van der Waals surface area contributed by atoms with Crippen LogP contribution in [0.2, 0.25) is 0 Å². The van der Waals surface area contributed by atoms with Crippen molar-refractivity contribution in [2.24, 2.45) is 0 Å². The van der Waals surface area contributed by atoms with E-state index >= 15 is 0 Å². The van der Waals surface area contributed by atoms with Gasteiger partial charge in [0.05, 0.1) is 0 Å². The molecule has 0 aliphatic heterocycles. The lowest BCUT2D eigenvalue weighted by Gasteiger charge is -2.38. The molecule has 0 heterocycles. The molecule has 0 unspecified atom stereocenters. The molecule has 1 rings (SSSR count). The van der Waals surface area contributed by atoms with Crippen LogP contribution >= 0.6 is 0 Å². The van der Waals surface area contributed by atoms with E-state index in [0.717, 1.165) is 44.9 Å². The zero-order valence-electron chi connectivity index (χ0n) is 20.8. The summed E-state index contributed by atoms with van der Waals surface area (Å²) < 4.78 is 5.80. The van der Waals surface area contributed by atoms with E-state index in [1.165, 1.54) is 57.8 Å². The molecular weight excluding hydrogens is 402 g/mol. The normalized spacial score (nSPS) is 16.8. The molecule has 0 amide bonds. The average molecular weight is 452 g/mol. The van der Waals surface area contributed by atoms with Gasteiger partial charge in [-0.25, -0.2) is 0 Å². The summed E-state index contributed by atoms with van der Waals surface area (Å²) in [7, 11) is 0. The fourth-order valence-corrected chi connectivity index (χ4v) is 4.46. The van der Waals surface area contributed by atoms with Gasteiger partial charge in [0.15, 0.2) is 5.72 Å². The van der Waals surface area contributed by atoms with Crippen molar-refractivity contribution in [2.45, 2.75) is 148 Å². The van der Waals surface area contributed by atoms with Crippen molar-refractivity contribution in [3.05, 3.63) is 12.2 Å². The molecule has 1 saturated carbocycles. The number of nitrogens with one attached hydrogen (secondary N) is 1. The Morgan fingerprint density at radius 1 is 0.875 bits per heavy atom. The van der Waals surface area contributed by atoms with Crippen molar-refractivity contribution < 1.29 is 19.4 Å². The number of unbranched alkanes of at least 4 members (excludes halogenated alkanes) is 11. The fourth-order valence-electron chi connectivity index (χ4n) is 4.46. The summed E-state index contributed by atoms with van der Waals surface area (Å²) in [6.07, 6.45) is 25.5. The second kappa shape index (κ2) is 18.1. The van der Waals surface area contributed by atoms with Crippen molar-refractivity contribution in [1.29, 1.82) is 0 Å². The van der Waals surface area contributed by atoms with Gasteiger partial charge in [-0.05, 0) is 51.9 Å². The summed E-state index contributed by atoms with van der Waals surface area (Å²) in [5, 5.41) is 12.3. The minimum Gasteiger partial charge on any atom is -0.480 e. The summed E-state index contributed by atoms with van der Waals surface area (Å²) in [6.45, 7) is 3.87. The van der Waals surface area contributed by atoms with Gasteiger partial charge in [-0.2, -0.15) is 0 Å². The van der Waals surface area contributed by atoms with Gasteiger partial charge >= 0.3 is 11.9 Å². The van der Waals surface area contributed by atoms with Crippen LogP contribution in [-0.4, -0.2) is 28.8 Å². The van der Waals surface area contributed by atoms with Crippen LogP contribution in [0.5, 0.6) is 0 Å². The predicted octanol–water partition coefficient (Wildman–Crippen LogP) is 7.29. The molecule has 1 fully saturated rings. The predicted molar refractivity (Wildman–Crippen MR) is 132 cm³/mol. The molecule has 0 radical (unpaired) electrons. The smallest absolute Gasteiger partial charge is 0.320 e. The molecule has 32 heavy (non-hydrogen) atoms. The highest BCUT2D eigenvalue weighted by Gasteiger charge is 2.38. The number of carboxylic acid groups (broad SMARTS) is 1. The summed E-state index contributed by atoms with van der Waals surface area (Å²) in [5.74, 6) is -1.11. The van der Waals surface area contributed by atoms with E-state index in [-0.39, 0.29) is 5.97 Å². The molecule has 5 nitrogen and oxygen atoms in total. The minimum absolute atomic E-state index is 0.199. The zero-order chi connectivity index (χ0) is 23.5. The number of carbonyl (C=O) groups is 2. The van der Waals surface area contributed by atoms with Crippen molar-refractivity contribution in [2.75, 3.05) is 0 Å². The number of carboxylic acids is 1. The number of hydrogen-bond donors (Lipinski definition) is 2. The zero-order valence-corrected chi connectivity index (χ0v) is 20.8. The van der Waals surface area contributed by atoms with Crippen molar-refractivity contribution >= 4 is 11.9 Å².